The lowest BCUT2D eigenvalue weighted by molar-refractivity contribution is 0.0616. The zero-order chi connectivity index (χ0) is 31.5. The van der Waals surface area contributed by atoms with E-state index in [1.807, 2.05) is 22.8 Å². The molecule has 240 valence electrons. The van der Waals surface area contributed by atoms with E-state index in [2.05, 4.69) is 44.2 Å². The molecule has 44 heavy (non-hydrogen) atoms. The van der Waals surface area contributed by atoms with Crippen LogP contribution < -0.4 is 9.64 Å². The minimum atomic E-state index is -1.23. The van der Waals surface area contributed by atoms with Crippen molar-refractivity contribution in [3.8, 4) is 17.3 Å². The van der Waals surface area contributed by atoms with Crippen LogP contribution in [0.3, 0.4) is 0 Å². The minimum Gasteiger partial charge on any atom is -0.461 e. The lowest BCUT2D eigenvalue weighted by Gasteiger charge is -2.35. The number of ether oxygens (including phenoxy) is 3. The van der Waals surface area contributed by atoms with E-state index in [1.165, 1.54) is 6.42 Å². The third-order valence-electron chi connectivity index (χ3n) is 8.16. The number of fused-ring (bicyclic) bond motifs is 1. The summed E-state index contributed by atoms with van der Waals surface area (Å²) >= 11 is 6.81. The Morgan fingerprint density at radius 1 is 0.977 bits per heavy atom. The summed E-state index contributed by atoms with van der Waals surface area (Å²) in [5.74, 6) is 0.855. The second kappa shape index (κ2) is 13.8. The Balaban J connectivity index is 1.25. The number of aromatic nitrogens is 4. The predicted octanol–water partition coefficient (Wildman–Crippen LogP) is 6.99. The Morgan fingerprint density at radius 2 is 1.68 bits per heavy atom. The molecule has 3 aromatic rings. The van der Waals surface area contributed by atoms with Gasteiger partial charge in [-0.25, -0.2) is 14.8 Å². The molecule has 10 nitrogen and oxygen atoms in total. The number of anilines is 1. The Morgan fingerprint density at radius 3 is 2.30 bits per heavy atom. The van der Waals surface area contributed by atoms with E-state index in [0.29, 0.717) is 68.5 Å². The van der Waals surface area contributed by atoms with Crippen LogP contribution in [0.4, 0.5) is 10.6 Å². The van der Waals surface area contributed by atoms with E-state index in [0.717, 1.165) is 41.8 Å². The second-order valence-corrected chi connectivity index (χ2v) is 26.0. The monoisotopic (exact) mass is 658 g/mol. The van der Waals surface area contributed by atoms with E-state index in [4.69, 9.17) is 40.8 Å². The van der Waals surface area contributed by atoms with Crippen LogP contribution in [0.15, 0.2) is 24.4 Å². The molecule has 3 aromatic heterocycles. The Labute approximate surface area is 268 Å². The van der Waals surface area contributed by atoms with Crippen LogP contribution in [0.25, 0.3) is 22.4 Å². The van der Waals surface area contributed by atoms with Gasteiger partial charge in [-0.2, -0.15) is 4.98 Å². The van der Waals surface area contributed by atoms with Gasteiger partial charge in [0.05, 0.1) is 22.8 Å². The van der Waals surface area contributed by atoms with Gasteiger partial charge in [-0.3, -0.25) is 4.57 Å². The van der Waals surface area contributed by atoms with Crippen LogP contribution in [0, 0.1) is 0 Å². The number of amides is 1. The molecule has 2 fully saturated rings. The first-order valence-corrected chi connectivity index (χ1v) is 23.6. The number of rotatable bonds is 12. The van der Waals surface area contributed by atoms with Crippen molar-refractivity contribution in [2.45, 2.75) is 83.5 Å². The van der Waals surface area contributed by atoms with Crippen molar-refractivity contribution in [3.05, 3.63) is 29.4 Å². The molecular formula is C31H47ClN6O4Si2. The van der Waals surface area contributed by atoms with E-state index in [1.54, 1.807) is 11.1 Å². The quantitative estimate of drug-likeness (QED) is 0.152. The molecule has 1 aliphatic heterocycles. The normalized spacial score (nSPS) is 16.3. The molecule has 1 saturated heterocycles. The zero-order valence-corrected chi connectivity index (χ0v) is 29.8. The van der Waals surface area contributed by atoms with E-state index in [-0.39, 0.29) is 12.2 Å². The SMILES string of the molecule is C[Si](C)(C)CCOCn1c(OC2CCC2)nc2nc(-c3ccc(N4CCN(C(=O)OCC[Si](C)(C)C)CC4)nc3)c(Cl)cc21. The van der Waals surface area contributed by atoms with Gasteiger partial charge in [0.15, 0.2) is 5.65 Å². The summed E-state index contributed by atoms with van der Waals surface area (Å²) in [7, 11) is -2.43. The molecule has 1 aliphatic carbocycles. The van der Waals surface area contributed by atoms with Crippen molar-refractivity contribution < 1.29 is 19.0 Å². The van der Waals surface area contributed by atoms with Gasteiger partial charge in [-0.15, -0.1) is 0 Å². The topological polar surface area (TPSA) is 94.8 Å². The van der Waals surface area contributed by atoms with Crippen LogP contribution in [-0.4, -0.2) is 92.2 Å². The van der Waals surface area contributed by atoms with E-state index < -0.39 is 16.1 Å². The molecule has 1 saturated carbocycles. The molecule has 1 amide bonds. The van der Waals surface area contributed by atoms with Gasteiger partial charge in [0.1, 0.15) is 18.7 Å². The molecule has 0 bridgehead atoms. The number of hydrogen-bond acceptors (Lipinski definition) is 8. The molecule has 0 aromatic carbocycles. The summed E-state index contributed by atoms with van der Waals surface area (Å²) in [6, 6.07) is 8.47. The summed E-state index contributed by atoms with van der Waals surface area (Å²) in [6.07, 6.45) is 5.01. The summed E-state index contributed by atoms with van der Waals surface area (Å²) in [4.78, 5) is 30.8. The third-order valence-corrected chi connectivity index (χ3v) is 11.9. The zero-order valence-electron chi connectivity index (χ0n) is 27.1. The van der Waals surface area contributed by atoms with Gasteiger partial charge in [0.25, 0.3) is 0 Å². The van der Waals surface area contributed by atoms with Gasteiger partial charge >= 0.3 is 12.1 Å². The Kier molecular flexibility index (Phi) is 10.2. The van der Waals surface area contributed by atoms with Crippen LogP contribution >= 0.6 is 11.6 Å². The number of hydrogen-bond donors (Lipinski definition) is 0. The van der Waals surface area contributed by atoms with Crippen LogP contribution in [0.5, 0.6) is 6.01 Å². The predicted molar refractivity (Wildman–Crippen MR) is 181 cm³/mol. The molecule has 0 radical (unpaired) electrons. The highest BCUT2D eigenvalue weighted by atomic mass is 35.5. The van der Waals surface area contributed by atoms with Crippen molar-refractivity contribution in [2.75, 3.05) is 44.3 Å². The molecule has 2 aliphatic rings. The van der Waals surface area contributed by atoms with Crippen LogP contribution in [0.1, 0.15) is 19.3 Å². The van der Waals surface area contributed by atoms with Crippen LogP contribution in [-0.2, 0) is 16.2 Å². The van der Waals surface area contributed by atoms with Gasteiger partial charge in [0.2, 0.25) is 0 Å². The number of carbonyl (C=O) groups excluding carboxylic acids is 1. The number of nitrogens with zero attached hydrogens (tertiary/aromatic N) is 6. The van der Waals surface area contributed by atoms with Crippen LogP contribution in [0.2, 0.25) is 56.4 Å². The van der Waals surface area contributed by atoms with Gasteiger partial charge < -0.3 is 24.0 Å². The van der Waals surface area contributed by atoms with Crippen molar-refractivity contribution in [1.82, 2.24) is 24.4 Å². The number of piperazine rings is 1. The van der Waals surface area contributed by atoms with Crippen molar-refractivity contribution in [1.29, 1.82) is 0 Å². The van der Waals surface area contributed by atoms with E-state index >= 15 is 0 Å². The van der Waals surface area contributed by atoms with Gasteiger partial charge in [-0.1, -0.05) is 50.9 Å². The number of pyridine rings is 2. The fraction of sp³-hybridized carbons (Fsp3) is 0.613. The number of carbonyl (C=O) groups is 1. The number of imidazole rings is 1. The molecule has 0 unspecified atom stereocenters. The van der Waals surface area contributed by atoms with Crippen molar-refractivity contribution >= 4 is 50.8 Å². The average Bonchev–Trinajstić information content (AvgIpc) is 3.27. The molecular weight excluding hydrogens is 612 g/mol. The third kappa shape index (κ3) is 8.52. The summed E-state index contributed by atoms with van der Waals surface area (Å²) in [6.45, 7) is 18.0. The minimum absolute atomic E-state index is 0.182. The molecule has 13 heteroatoms. The van der Waals surface area contributed by atoms with Crippen molar-refractivity contribution in [2.24, 2.45) is 0 Å². The maximum absolute atomic E-state index is 12.5. The highest BCUT2D eigenvalue weighted by molar-refractivity contribution is 6.76. The maximum Gasteiger partial charge on any atom is 0.409 e. The summed E-state index contributed by atoms with van der Waals surface area (Å²) < 4.78 is 19.8. The Bertz CT molecular complexity index is 1430. The summed E-state index contributed by atoms with van der Waals surface area (Å²) in [5, 5.41) is 0.520. The largest absolute Gasteiger partial charge is 0.461 e. The Hall–Kier alpha value is -2.68. The molecule has 5 rings (SSSR count). The van der Waals surface area contributed by atoms with E-state index in [9.17, 15) is 4.79 Å². The smallest absolute Gasteiger partial charge is 0.409 e. The maximum atomic E-state index is 12.5. The first-order valence-electron chi connectivity index (χ1n) is 15.8. The highest BCUT2D eigenvalue weighted by Gasteiger charge is 2.26. The van der Waals surface area contributed by atoms with Gasteiger partial charge in [0, 0.05) is 60.7 Å². The lowest BCUT2D eigenvalue weighted by atomic mass is 9.96. The average molecular weight is 659 g/mol. The fourth-order valence-electron chi connectivity index (χ4n) is 4.96. The standard InChI is InChI=1S/C31H47ClN6O4Si2/c1-43(2,3)18-16-40-22-38-26-20-25(32)28(34-29(26)35-30(38)42-24-8-7-9-24)23-10-11-27(33-21-23)36-12-14-37(15-13-36)31(39)41-17-19-44(4,5)6/h10-11,20-21,24H,7-9,12-19,22H2,1-6H3. The lowest BCUT2D eigenvalue weighted by Crippen LogP contribution is -2.49. The molecule has 0 spiro atoms. The summed E-state index contributed by atoms with van der Waals surface area (Å²) in [5.41, 5.74) is 2.81. The van der Waals surface area contributed by atoms with Gasteiger partial charge in [-0.05, 0) is 49.5 Å². The fourth-order valence-corrected chi connectivity index (χ4v) is 6.69. The van der Waals surface area contributed by atoms with Crippen molar-refractivity contribution in [3.63, 3.8) is 0 Å². The molecule has 0 N–H and O–H groups in total. The first kappa shape index (κ1) is 32.7. The highest BCUT2D eigenvalue weighted by Crippen LogP contribution is 2.33. The second-order valence-electron chi connectivity index (χ2n) is 14.3. The number of halogens is 1. The molecule has 4 heterocycles. The molecule has 0 atom stereocenters. The first-order chi connectivity index (χ1) is 20.9.